The van der Waals surface area contributed by atoms with E-state index >= 15 is 0 Å². The van der Waals surface area contributed by atoms with Crippen LogP contribution in [0.15, 0.2) is 10.5 Å². The average molecular weight is 331 g/mol. The summed E-state index contributed by atoms with van der Waals surface area (Å²) < 4.78 is 1.17. The number of nitrogens with one attached hydrogen (secondary N) is 1. The van der Waals surface area contributed by atoms with Crippen molar-refractivity contribution >= 4 is 38.6 Å². The number of hydrogen-bond acceptors (Lipinski definition) is 4. The van der Waals surface area contributed by atoms with Gasteiger partial charge in [-0.1, -0.05) is 0 Å². The summed E-state index contributed by atoms with van der Waals surface area (Å²) in [5.74, 6) is 0. The van der Waals surface area contributed by atoms with Crippen LogP contribution in [0, 0.1) is 13.8 Å². The number of thiophene rings is 1. The molecule has 1 N–H and O–H groups in total. The van der Waals surface area contributed by atoms with Crippen LogP contribution in [0.1, 0.15) is 28.4 Å². The third-order valence-corrected chi connectivity index (χ3v) is 6.37. The van der Waals surface area contributed by atoms with Gasteiger partial charge in [-0.15, -0.1) is 22.7 Å². The first-order chi connectivity index (χ1) is 8.02. The van der Waals surface area contributed by atoms with E-state index in [4.69, 9.17) is 0 Å². The maximum absolute atomic E-state index is 4.67. The quantitative estimate of drug-likeness (QED) is 0.894. The largest absolute Gasteiger partial charge is 0.312 e. The monoisotopic (exact) mass is 330 g/mol. The maximum atomic E-state index is 4.67. The van der Waals surface area contributed by atoms with E-state index in [0.29, 0.717) is 6.04 Å². The van der Waals surface area contributed by atoms with Gasteiger partial charge in [0.1, 0.15) is 5.01 Å². The summed E-state index contributed by atoms with van der Waals surface area (Å²) in [7, 11) is 1.98. The van der Waals surface area contributed by atoms with E-state index in [9.17, 15) is 0 Å². The number of aryl methyl sites for hydroxylation is 2. The average Bonchev–Trinajstić information content (AvgIpc) is 2.82. The summed E-state index contributed by atoms with van der Waals surface area (Å²) in [6.07, 6.45) is 0. The Hall–Kier alpha value is -0.230. The van der Waals surface area contributed by atoms with Gasteiger partial charge < -0.3 is 5.32 Å². The Labute approximate surface area is 118 Å². The minimum absolute atomic E-state index is 0.366. The zero-order valence-corrected chi connectivity index (χ0v) is 13.5. The van der Waals surface area contributed by atoms with Crippen LogP contribution in [0.5, 0.6) is 0 Å². The Bertz CT molecular complexity index is 511. The van der Waals surface area contributed by atoms with Crippen LogP contribution in [0.2, 0.25) is 0 Å². The molecule has 5 heteroatoms. The highest BCUT2D eigenvalue weighted by molar-refractivity contribution is 9.10. The molecule has 17 heavy (non-hydrogen) atoms. The van der Waals surface area contributed by atoms with Gasteiger partial charge in [-0.2, -0.15) is 0 Å². The lowest BCUT2D eigenvalue weighted by molar-refractivity contribution is 0.658. The van der Waals surface area contributed by atoms with Crippen LogP contribution in [0.25, 0.3) is 9.88 Å². The van der Waals surface area contributed by atoms with Crippen molar-refractivity contribution in [2.24, 2.45) is 0 Å². The number of nitrogens with zero attached hydrogens (tertiary/aromatic N) is 1. The molecule has 0 aromatic carbocycles. The van der Waals surface area contributed by atoms with E-state index in [2.05, 4.69) is 53.1 Å². The third kappa shape index (κ3) is 2.62. The SMILES string of the molecule is CNC(C)c1sc(-c2cc(Br)c(C)s2)nc1C. The summed E-state index contributed by atoms with van der Waals surface area (Å²) in [5.41, 5.74) is 1.13. The second-order valence-electron chi connectivity index (χ2n) is 3.99. The molecule has 2 heterocycles. The van der Waals surface area contributed by atoms with Crippen molar-refractivity contribution in [1.82, 2.24) is 10.3 Å². The van der Waals surface area contributed by atoms with E-state index in [1.807, 2.05) is 7.05 Å². The standard InChI is InChI=1S/C12H15BrN2S2/c1-6(14-4)11-7(2)15-12(17-11)10-5-9(13)8(3)16-10/h5-6,14H,1-4H3. The molecular weight excluding hydrogens is 316 g/mol. The lowest BCUT2D eigenvalue weighted by Gasteiger charge is -2.06. The fourth-order valence-corrected chi connectivity index (χ4v) is 4.32. The summed E-state index contributed by atoms with van der Waals surface area (Å²) in [5, 5.41) is 4.39. The molecule has 1 unspecified atom stereocenters. The van der Waals surface area contributed by atoms with Gasteiger partial charge in [-0.25, -0.2) is 4.98 Å². The van der Waals surface area contributed by atoms with Crippen molar-refractivity contribution in [1.29, 1.82) is 0 Å². The van der Waals surface area contributed by atoms with Gasteiger partial charge in [0, 0.05) is 20.3 Å². The van der Waals surface area contributed by atoms with E-state index in [1.165, 1.54) is 19.1 Å². The lowest BCUT2D eigenvalue weighted by atomic mass is 10.2. The van der Waals surface area contributed by atoms with Gasteiger partial charge in [-0.05, 0) is 49.8 Å². The van der Waals surface area contributed by atoms with Crippen LogP contribution in [0.4, 0.5) is 0 Å². The molecule has 1 atom stereocenters. The summed E-state index contributed by atoms with van der Waals surface area (Å²) in [6, 6.07) is 2.53. The Morgan fingerprint density at radius 2 is 2.06 bits per heavy atom. The Morgan fingerprint density at radius 3 is 2.59 bits per heavy atom. The molecule has 0 aliphatic heterocycles. The maximum Gasteiger partial charge on any atom is 0.133 e. The Morgan fingerprint density at radius 1 is 1.35 bits per heavy atom. The zero-order valence-electron chi connectivity index (χ0n) is 10.3. The highest BCUT2D eigenvalue weighted by Crippen LogP contribution is 2.38. The van der Waals surface area contributed by atoms with Crippen molar-refractivity contribution in [3.05, 3.63) is 26.0 Å². The van der Waals surface area contributed by atoms with Crippen LogP contribution < -0.4 is 5.32 Å². The van der Waals surface area contributed by atoms with Gasteiger partial charge in [0.05, 0.1) is 10.6 Å². The first-order valence-corrected chi connectivity index (χ1v) is 7.86. The van der Waals surface area contributed by atoms with Crippen molar-refractivity contribution in [2.75, 3.05) is 7.05 Å². The highest BCUT2D eigenvalue weighted by atomic mass is 79.9. The van der Waals surface area contributed by atoms with E-state index in [-0.39, 0.29) is 0 Å². The number of aromatic nitrogens is 1. The molecule has 0 aliphatic rings. The second-order valence-corrected chi connectivity index (χ2v) is 7.14. The smallest absolute Gasteiger partial charge is 0.133 e. The third-order valence-electron chi connectivity index (χ3n) is 2.73. The highest BCUT2D eigenvalue weighted by Gasteiger charge is 2.15. The van der Waals surface area contributed by atoms with Gasteiger partial charge >= 0.3 is 0 Å². The Kier molecular flexibility index (Phi) is 4.02. The number of thiazole rings is 1. The molecule has 0 spiro atoms. The molecule has 2 nitrogen and oxygen atoms in total. The predicted octanol–water partition coefficient (Wildman–Crippen LogP) is 4.53. The summed E-state index contributed by atoms with van der Waals surface area (Å²) >= 11 is 7.13. The minimum atomic E-state index is 0.366. The van der Waals surface area contributed by atoms with Gasteiger partial charge in [-0.3, -0.25) is 0 Å². The molecule has 2 rings (SSSR count). The number of rotatable bonds is 3. The topological polar surface area (TPSA) is 24.9 Å². The molecule has 2 aromatic rings. The first-order valence-electron chi connectivity index (χ1n) is 5.43. The lowest BCUT2D eigenvalue weighted by Crippen LogP contribution is -2.11. The van der Waals surface area contributed by atoms with Crippen molar-refractivity contribution in [3.8, 4) is 9.88 Å². The van der Waals surface area contributed by atoms with Crippen molar-refractivity contribution in [3.63, 3.8) is 0 Å². The Balaban J connectivity index is 2.40. The van der Waals surface area contributed by atoms with Gasteiger partial charge in [0.2, 0.25) is 0 Å². The minimum Gasteiger partial charge on any atom is -0.312 e. The molecule has 0 amide bonds. The molecule has 0 aliphatic carbocycles. The normalized spacial score (nSPS) is 13.0. The van der Waals surface area contributed by atoms with Crippen LogP contribution in [0.3, 0.4) is 0 Å². The van der Waals surface area contributed by atoms with Crippen molar-refractivity contribution in [2.45, 2.75) is 26.8 Å². The molecule has 0 saturated heterocycles. The predicted molar refractivity (Wildman–Crippen MR) is 80.1 cm³/mol. The molecule has 92 valence electrons. The first kappa shape index (κ1) is 13.2. The molecule has 0 fully saturated rings. The molecule has 0 bridgehead atoms. The van der Waals surface area contributed by atoms with Crippen LogP contribution in [-0.4, -0.2) is 12.0 Å². The molecule has 0 saturated carbocycles. The fourth-order valence-electron chi connectivity index (χ4n) is 1.61. The van der Waals surface area contributed by atoms with Crippen molar-refractivity contribution < 1.29 is 0 Å². The van der Waals surface area contributed by atoms with E-state index in [0.717, 1.165) is 10.7 Å². The molecule has 2 aromatic heterocycles. The number of halogens is 1. The summed E-state index contributed by atoms with van der Waals surface area (Å²) in [6.45, 7) is 6.37. The van der Waals surface area contributed by atoms with E-state index in [1.54, 1.807) is 22.7 Å². The second kappa shape index (κ2) is 5.18. The van der Waals surface area contributed by atoms with Crippen LogP contribution in [-0.2, 0) is 0 Å². The summed E-state index contributed by atoms with van der Waals surface area (Å²) in [4.78, 5) is 8.55. The molecular formula is C12H15BrN2S2. The van der Waals surface area contributed by atoms with Gasteiger partial charge in [0.15, 0.2) is 0 Å². The molecule has 0 radical (unpaired) electrons. The van der Waals surface area contributed by atoms with Crippen LogP contribution >= 0.6 is 38.6 Å². The van der Waals surface area contributed by atoms with E-state index < -0.39 is 0 Å². The number of hydrogen-bond donors (Lipinski definition) is 1. The zero-order chi connectivity index (χ0) is 12.6. The van der Waals surface area contributed by atoms with Gasteiger partial charge in [0.25, 0.3) is 0 Å². The fraction of sp³-hybridized carbons (Fsp3) is 0.417.